The van der Waals surface area contributed by atoms with E-state index in [1.54, 1.807) is 18.2 Å². The predicted molar refractivity (Wildman–Crippen MR) is 93.6 cm³/mol. The largest absolute Gasteiger partial charge is 0.496 e. The van der Waals surface area contributed by atoms with Crippen LogP contribution in [-0.4, -0.2) is 32.2 Å². The molecule has 0 saturated heterocycles. The van der Waals surface area contributed by atoms with E-state index in [0.29, 0.717) is 17.9 Å². The first kappa shape index (κ1) is 19.4. The van der Waals surface area contributed by atoms with Crippen molar-refractivity contribution in [3.63, 3.8) is 0 Å². The molecule has 0 spiro atoms. The fourth-order valence-corrected chi connectivity index (χ4v) is 2.19. The molecule has 0 bridgehead atoms. The first-order valence-corrected chi connectivity index (χ1v) is 8.01. The molecule has 138 valence electrons. The van der Waals surface area contributed by atoms with Gasteiger partial charge in [-0.2, -0.15) is 0 Å². The molecule has 0 saturated carbocycles. The van der Waals surface area contributed by atoms with Crippen molar-refractivity contribution in [1.29, 1.82) is 0 Å². The lowest BCUT2D eigenvalue weighted by atomic mass is 10.1. The van der Waals surface area contributed by atoms with Gasteiger partial charge in [0.05, 0.1) is 25.0 Å². The van der Waals surface area contributed by atoms with E-state index in [-0.39, 0.29) is 17.9 Å². The summed E-state index contributed by atoms with van der Waals surface area (Å²) in [7, 11) is 1.52. The molecule has 7 heteroatoms. The second-order valence-corrected chi connectivity index (χ2v) is 5.27. The smallest absolute Gasteiger partial charge is 0.338 e. The Kier molecular flexibility index (Phi) is 7.11. The number of carbonyl (C=O) groups excluding carboxylic acids is 2. The van der Waals surface area contributed by atoms with Crippen molar-refractivity contribution in [2.45, 2.75) is 13.5 Å². The van der Waals surface area contributed by atoms with Crippen molar-refractivity contribution in [1.82, 2.24) is 0 Å². The number of hydrogen-bond donors (Lipinski definition) is 1. The van der Waals surface area contributed by atoms with Crippen LogP contribution in [0, 0.1) is 5.82 Å². The summed E-state index contributed by atoms with van der Waals surface area (Å²) in [5.74, 6) is -1.28. The number of esters is 1. The average Bonchev–Trinajstić information content (AvgIpc) is 2.66. The van der Waals surface area contributed by atoms with Crippen LogP contribution >= 0.6 is 0 Å². The zero-order valence-corrected chi connectivity index (χ0v) is 14.6. The van der Waals surface area contributed by atoms with Crippen LogP contribution in [0.25, 0.3) is 0 Å². The number of methoxy groups -OCH3 is 1. The Labute approximate surface area is 150 Å². The van der Waals surface area contributed by atoms with Crippen LogP contribution in [-0.2, 0) is 20.9 Å². The van der Waals surface area contributed by atoms with E-state index in [9.17, 15) is 14.0 Å². The van der Waals surface area contributed by atoms with Gasteiger partial charge in [0, 0.05) is 12.2 Å². The van der Waals surface area contributed by atoms with Crippen LogP contribution in [0.4, 0.5) is 10.1 Å². The Balaban J connectivity index is 1.96. The molecular formula is C19H20FNO5. The second kappa shape index (κ2) is 9.53. The van der Waals surface area contributed by atoms with E-state index in [0.717, 1.165) is 0 Å². The summed E-state index contributed by atoms with van der Waals surface area (Å²) < 4.78 is 29.0. The predicted octanol–water partition coefficient (Wildman–Crippen LogP) is 3.17. The molecule has 1 N–H and O–H groups in total. The summed E-state index contributed by atoms with van der Waals surface area (Å²) >= 11 is 0. The molecule has 0 aliphatic rings. The van der Waals surface area contributed by atoms with Gasteiger partial charge in [-0.05, 0) is 37.3 Å². The number of ether oxygens (including phenoxy) is 3. The third kappa shape index (κ3) is 5.29. The third-order valence-electron chi connectivity index (χ3n) is 3.46. The summed E-state index contributed by atoms with van der Waals surface area (Å²) in [5.41, 5.74) is 0.982. The number of nitrogens with one attached hydrogen (secondary N) is 1. The second-order valence-electron chi connectivity index (χ2n) is 5.27. The summed E-state index contributed by atoms with van der Waals surface area (Å²) in [6, 6.07) is 10.5. The zero-order valence-electron chi connectivity index (χ0n) is 14.6. The standard InChI is InChI=1S/C19H20FNO5/c1-3-25-11-14-10-13(8-9-17(14)24-2)19(23)26-12-18(22)21-16-7-5-4-6-15(16)20/h4-10H,3,11-12H2,1-2H3,(H,21,22). The molecule has 0 aliphatic heterocycles. The van der Waals surface area contributed by atoms with Crippen molar-refractivity contribution in [3.8, 4) is 5.75 Å². The van der Waals surface area contributed by atoms with Crippen molar-refractivity contribution in [2.75, 3.05) is 25.6 Å². The SMILES string of the molecule is CCOCc1cc(C(=O)OCC(=O)Nc2ccccc2F)ccc1OC. The molecule has 0 atom stereocenters. The molecule has 0 fully saturated rings. The van der Waals surface area contributed by atoms with E-state index in [4.69, 9.17) is 14.2 Å². The van der Waals surface area contributed by atoms with Crippen molar-refractivity contribution < 1.29 is 28.2 Å². The topological polar surface area (TPSA) is 73.9 Å². The number of anilines is 1. The lowest BCUT2D eigenvalue weighted by Gasteiger charge is -2.11. The van der Waals surface area contributed by atoms with E-state index < -0.39 is 24.3 Å². The van der Waals surface area contributed by atoms with E-state index in [1.807, 2.05) is 6.92 Å². The number of rotatable bonds is 8. The van der Waals surface area contributed by atoms with Gasteiger partial charge in [-0.3, -0.25) is 4.79 Å². The van der Waals surface area contributed by atoms with Gasteiger partial charge in [-0.15, -0.1) is 0 Å². The maximum absolute atomic E-state index is 13.5. The maximum atomic E-state index is 13.5. The number of carbonyl (C=O) groups is 2. The van der Waals surface area contributed by atoms with Crippen LogP contribution < -0.4 is 10.1 Å². The highest BCUT2D eigenvalue weighted by atomic mass is 19.1. The summed E-state index contributed by atoms with van der Waals surface area (Å²) in [4.78, 5) is 24.0. The minimum absolute atomic E-state index is 0.0250. The molecule has 2 rings (SSSR count). The van der Waals surface area contributed by atoms with E-state index in [2.05, 4.69) is 5.32 Å². The minimum atomic E-state index is -0.672. The van der Waals surface area contributed by atoms with Gasteiger partial charge in [0.15, 0.2) is 6.61 Å². The van der Waals surface area contributed by atoms with Crippen molar-refractivity contribution in [3.05, 3.63) is 59.4 Å². The number of halogens is 1. The third-order valence-corrected chi connectivity index (χ3v) is 3.46. The van der Waals surface area contributed by atoms with Gasteiger partial charge >= 0.3 is 5.97 Å². The number of hydrogen-bond acceptors (Lipinski definition) is 5. The Bertz CT molecular complexity index is 778. The van der Waals surface area contributed by atoms with Crippen LogP contribution in [0.2, 0.25) is 0 Å². The molecule has 2 aromatic carbocycles. The van der Waals surface area contributed by atoms with Crippen LogP contribution in [0.1, 0.15) is 22.8 Å². The molecule has 0 radical (unpaired) electrons. The maximum Gasteiger partial charge on any atom is 0.338 e. The number of para-hydroxylation sites is 1. The fourth-order valence-electron chi connectivity index (χ4n) is 2.19. The average molecular weight is 361 g/mol. The molecule has 0 heterocycles. The zero-order chi connectivity index (χ0) is 18.9. The normalized spacial score (nSPS) is 10.3. The highest BCUT2D eigenvalue weighted by Crippen LogP contribution is 2.21. The molecule has 0 aliphatic carbocycles. The van der Waals surface area contributed by atoms with Gasteiger partial charge in [-0.1, -0.05) is 12.1 Å². The highest BCUT2D eigenvalue weighted by molar-refractivity contribution is 5.95. The first-order valence-electron chi connectivity index (χ1n) is 8.01. The Morgan fingerprint density at radius 1 is 1.15 bits per heavy atom. The molecule has 2 aromatic rings. The first-order chi connectivity index (χ1) is 12.5. The van der Waals surface area contributed by atoms with Gasteiger partial charge in [-0.25, -0.2) is 9.18 Å². The number of amides is 1. The lowest BCUT2D eigenvalue weighted by molar-refractivity contribution is -0.119. The highest BCUT2D eigenvalue weighted by Gasteiger charge is 2.14. The molecule has 26 heavy (non-hydrogen) atoms. The Morgan fingerprint density at radius 3 is 2.62 bits per heavy atom. The Morgan fingerprint density at radius 2 is 1.92 bits per heavy atom. The van der Waals surface area contributed by atoms with Crippen LogP contribution in [0.3, 0.4) is 0 Å². The van der Waals surface area contributed by atoms with Crippen LogP contribution in [0.5, 0.6) is 5.75 Å². The van der Waals surface area contributed by atoms with E-state index in [1.165, 1.54) is 31.4 Å². The molecule has 0 unspecified atom stereocenters. The van der Waals surface area contributed by atoms with Gasteiger partial charge in [0.2, 0.25) is 0 Å². The monoisotopic (exact) mass is 361 g/mol. The molecule has 6 nitrogen and oxygen atoms in total. The number of benzene rings is 2. The van der Waals surface area contributed by atoms with E-state index >= 15 is 0 Å². The quantitative estimate of drug-likeness (QED) is 0.731. The van der Waals surface area contributed by atoms with Crippen molar-refractivity contribution in [2.24, 2.45) is 0 Å². The lowest BCUT2D eigenvalue weighted by Crippen LogP contribution is -2.21. The molecule has 0 aromatic heterocycles. The van der Waals surface area contributed by atoms with Gasteiger partial charge in [0.25, 0.3) is 5.91 Å². The minimum Gasteiger partial charge on any atom is -0.496 e. The molecule has 1 amide bonds. The molecular weight excluding hydrogens is 341 g/mol. The summed E-state index contributed by atoms with van der Waals surface area (Å²) in [6.07, 6.45) is 0. The van der Waals surface area contributed by atoms with Crippen molar-refractivity contribution >= 4 is 17.6 Å². The van der Waals surface area contributed by atoms with Gasteiger partial charge < -0.3 is 19.5 Å². The summed E-state index contributed by atoms with van der Waals surface area (Å²) in [5, 5.41) is 2.34. The van der Waals surface area contributed by atoms with Crippen LogP contribution in [0.15, 0.2) is 42.5 Å². The Hall–Kier alpha value is -2.93. The van der Waals surface area contributed by atoms with Gasteiger partial charge in [0.1, 0.15) is 11.6 Å². The fraction of sp³-hybridized carbons (Fsp3) is 0.263. The summed E-state index contributed by atoms with van der Waals surface area (Å²) in [6.45, 7) is 2.14.